The van der Waals surface area contributed by atoms with Gasteiger partial charge in [0.2, 0.25) is 10.0 Å². The molecule has 0 amide bonds. The first-order chi connectivity index (χ1) is 16.7. The lowest BCUT2D eigenvalue weighted by atomic mass is 9.78. The van der Waals surface area contributed by atoms with Crippen LogP contribution in [0.15, 0.2) is 36.4 Å². The molecule has 0 saturated heterocycles. The molecule has 2 rings (SSSR count). The van der Waals surface area contributed by atoms with Crippen LogP contribution in [-0.4, -0.2) is 52.4 Å². The van der Waals surface area contributed by atoms with Gasteiger partial charge in [-0.05, 0) is 35.4 Å². The smallest absolute Gasteiger partial charge is 0.303 e. The van der Waals surface area contributed by atoms with Crippen LogP contribution < -0.4 is 14.2 Å². The largest absolute Gasteiger partial charge is 0.493 e. The third-order valence-corrected chi connectivity index (χ3v) is 7.04. The minimum absolute atomic E-state index is 0.00889. The van der Waals surface area contributed by atoms with Crippen LogP contribution in [0.5, 0.6) is 11.5 Å². The highest BCUT2D eigenvalue weighted by Gasteiger charge is 2.26. The van der Waals surface area contributed by atoms with E-state index in [4.69, 9.17) is 49.0 Å². The number of nitrogens with one attached hydrogen (secondary N) is 1. The number of sulfonamides is 1. The summed E-state index contributed by atoms with van der Waals surface area (Å²) in [4.78, 5) is 11.2. The number of hydrogen-bond acceptors (Lipinski definition) is 6. The SMILES string of the molecule is CC(=O)O[C@H](CCl)COc1c(Cl)cc(C(C)(C)c2ccc(OC[C@@H](C)CNS(C)(=O)=O)cc2)cc1Cl. The first-order valence-electron chi connectivity index (χ1n) is 11.3. The predicted octanol–water partition coefficient (Wildman–Crippen LogP) is 5.43. The predicted molar refractivity (Wildman–Crippen MR) is 144 cm³/mol. The highest BCUT2D eigenvalue weighted by Crippen LogP contribution is 2.40. The second-order valence-corrected chi connectivity index (χ2v) is 12.1. The molecule has 11 heteroatoms. The molecule has 0 aliphatic heterocycles. The first-order valence-corrected chi connectivity index (χ1v) is 14.4. The Kier molecular flexibility index (Phi) is 11.2. The molecule has 36 heavy (non-hydrogen) atoms. The highest BCUT2D eigenvalue weighted by molar-refractivity contribution is 7.88. The molecule has 200 valence electrons. The minimum atomic E-state index is -3.23. The fourth-order valence-corrected chi connectivity index (χ4v) is 4.64. The Morgan fingerprint density at radius 3 is 2.11 bits per heavy atom. The van der Waals surface area contributed by atoms with Gasteiger partial charge in [-0.1, -0.05) is 56.1 Å². The second-order valence-electron chi connectivity index (χ2n) is 9.15. The number of esters is 1. The van der Waals surface area contributed by atoms with Gasteiger partial charge in [0.05, 0.1) is 28.8 Å². The van der Waals surface area contributed by atoms with Crippen molar-refractivity contribution in [2.24, 2.45) is 5.92 Å². The number of hydrogen-bond donors (Lipinski definition) is 1. The third-order valence-electron chi connectivity index (χ3n) is 5.44. The van der Waals surface area contributed by atoms with Crippen LogP contribution in [0.2, 0.25) is 10.0 Å². The molecule has 0 radical (unpaired) electrons. The van der Waals surface area contributed by atoms with Crippen molar-refractivity contribution in [3.8, 4) is 11.5 Å². The summed E-state index contributed by atoms with van der Waals surface area (Å²) in [6.07, 6.45) is 0.511. The number of alkyl halides is 1. The van der Waals surface area contributed by atoms with E-state index in [0.717, 1.165) is 17.4 Å². The molecule has 0 bridgehead atoms. The molecule has 2 aromatic carbocycles. The first kappa shape index (κ1) is 30.5. The van der Waals surface area contributed by atoms with Gasteiger partial charge in [0.25, 0.3) is 0 Å². The van der Waals surface area contributed by atoms with Crippen LogP contribution in [0.25, 0.3) is 0 Å². The summed E-state index contributed by atoms with van der Waals surface area (Å²) < 4.78 is 41.5. The number of carbonyl (C=O) groups is 1. The molecule has 0 fully saturated rings. The Morgan fingerprint density at radius 2 is 1.61 bits per heavy atom. The molecule has 0 aliphatic rings. The second kappa shape index (κ2) is 13.2. The fourth-order valence-electron chi connectivity index (χ4n) is 3.31. The standard InChI is InChI=1S/C25H32Cl3NO6S/c1-16(13-29-36(5,31)32)14-33-20-8-6-18(7-9-20)25(3,4)19-10-22(27)24(23(28)11-19)34-15-21(12-26)35-17(2)30/h6-11,16,21,29H,12-15H2,1-5H3/t16-,21+/m0/s1. The Balaban J connectivity index is 2.09. The molecule has 7 nitrogen and oxygen atoms in total. The molecule has 2 aromatic rings. The Labute approximate surface area is 228 Å². The molecule has 0 heterocycles. The normalized spacial score (nSPS) is 13.7. The van der Waals surface area contributed by atoms with Gasteiger partial charge < -0.3 is 14.2 Å². The van der Waals surface area contributed by atoms with E-state index in [1.54, 1.807) is 12.1 Å². The van der Waals surface area contributed by atoms with Crippen LogP contribution in [0.1, 0.15) is 38.8 Å². The van der Waals surface area contributed by atoms with E-state index in [-0.39, 0.29) is 18.4 Å². The molecule has 0 unspecified atom stereocenters. The molecule has 0 aromatic heterocycles. The van der Waals surface area contributed by atoms with Crippen LogP contribution in [0, 0.1) is 5.92 Å². The van der Waals surface area contributed by atoms with E-state index in [2.05, 4.69) is 18.6 Å². The number of carbonyl (C=O) groups excluding carboxylic acids is 1. The maximum atomic E-state index is 11.2. The van der Waals surface area contributed by atoms with Gasteiger partial charge in [-0.3, -0.25) is 4.79 Å². The summed E-state index contributed by atoms with van der Waals surface area (Å²) in [5, 5.41) is 0.664. The van der Waals surface area contributed by atoms with E-state index >= 15 is 0 Å². The third kappa shape index (κ3) is 9.30. The van der Waals surface area contributed by atoms with Crippen LogP contribution in [0.3, 0.4) is 0 Å². The summed E-state index contributed by atoms with van der Waals surface area (Å²) in [6, 6.07) is 11.3. The number of rotatable bonds is 13. The molecular weight excluding hydrogens is 549 g/mol. The topological polar surface area (TPSA) is 90.9 Å². The lowest BCUT2D eigenvalue weighted by Gasteiger charge is -2.27. The lowest BCUT2D eigenvalue weighted by molar-refractivity contribution is -0.146. The van der Waals surface area contributed by atoms with Crippen LogP contribution >= 0.6 is 34.8 Å². The summed E-state index contributed by atoms with van der Waals surface area (Å²) in [7, 11) is -3.23. The quantitative estimate of drug-likeness (QED) is 0.251. The Morgan fingerprint density at radius 1 is 1.03 bits per heavy atom. The molecule has 0 saturated carbocycles. The van der Waals surface area contributed by atoms with Gasteiger partial charge in [0.15, 0.2) is 5.75 Å². The number of ether oxygens (including phenoxy) is 3. The zero-order valence-electron chi connectivity index (χ0n) is 20.9. The maximum absolute atomic E-state index is 11.2. The van der Waals surface area contributed by atoms with E-state index < -0.39 is 27.5 Å². The van der Waals surface area contributed by atoms with Gasteiger partial charge in [-0.15, -0.1) is 11.6 Å². The van der Waals surface area contributed by atoms with Crippen molar-refractivity contribution >= 4 is 50.8 Å². The van der Waals surface area contributed by atoms with Gasteiger partial charge in [0.1, 0.15) is 18.5 Å². The van der Waals surface area contributed by atoms with Crippen molar-refractivity contribution in [2.45, 2.75) is 39.2 Å². The van der Waals surface area contributed by atoms with Crippen molar-refractivity contribution in [2.75, 3.05) is 31.9 Å². The zero-order chi connectivity index (χ0) is 27.1. The Hall–Kier alpha value is -1.71. The average molecular weight is 581 g/mol. The maximum Gasteiger partial charge on any atom is 0.303 e. The van der Waals surface area contributed by atoms with Gasteiger partial charge in [-0.25, -0.2) is 13.1 Å². The number of halogens is 3. The van der Waals surface area contributed by atoms with E-state index in [0.29, 0.717) is 34.7 Å². The monoisotopic (exact) mass is 579 g/mol. The van der Waals surface area contributed by atoms with Crippen molar-refractivity contribution in [3.63, 3.8) is 0 Å². The summed E-state index contributed by atoms with van der Waals surface area (Å²) in [6.45, 7) is 8.01. The fraction of sp³-hybridized carbons (Fsp3) is 0.480. The van der Waals surface area contributed by atoms with Crippen molar-refractivity contribution < 1.29 is 27.4 Å². The molecule has 2 atom stereocenters. The van der Waals surface area contributed by atoms with Crippen molar-refractivity contribution in [1.82, 2.24) is 4.72 Å². The lowest BCUT2D eigenvalue weighted by Crippen LogP contribution is -2.29. The Bertz CT molecular complexity index is 1120. The summed E-state index contributed by atoms with van der Waals surface area (Å²) in [5.41, 5.74) is 1.46. The van der Waals surface area contributed by atoms with Crippen molar-refractivity contribution in [1.29, 1.82) is 0 Å². The van der Waals surface area contributed by atoms with E-state index in [1.165, 1.54) is 6.92 Å². The minimum Gasteiger partial charge on any atom is -0.493 e. The van der Waals surface area contributed by atoms with Gasteiger partial charge in [-0.2, -0.15) is 0 Å². The van der Waals surface area contributed by atoms with E-state index in [9.17, 15) is 13.2 Å². The summed E-state index contributed by atoms with van der Waals surface area (Å²) >= 11 is 18.8. The van der Waals surface area contributed by atoms with Crippen LogP contribution in [0.4, 0.5) is 0 Å². The van der Waals surface area contributed by atoms with Gasteiger partial charge >= 0.3 is 5.97 Å². The zero-order valence-corrected chi connectivity index (χ0v) is 24.0. The molecule has 0 spiro atoms. The molecular formula is C25H32Cl3NO6S. The van der Waals surface area contributed by atoms with Crippen LogP contribution in [-0.2, 0) is 25.0 Å². The summed E-state index contributed by atoms with van der Waals surface area (Å²) in [5.74, 6) is 0.615. The number of benzene rings is 2. The average Bonchev–Trinajstić information content (AvgIpc) is 2.79. The van der Waals surface area contributed by atoms with Crippen molar-refractivity contribution in [3.05, 3.63) is 57.6 Å². The van der Waals surface area contributed by atoms with Gasteiger partial charge in [0, 0.05) is 24.8 Å². The molecule has 0 aliphatic carbocycles. The highest BCUT2D eigenvalue weighted by atomic mass is 35.5. The molecule has 1 N–H and O–H groups in total. The van der Waals surface area contributed by atoms with E-state index in [1.807, 2.05) is 31.2 Å².